The summed E-state index contributed by atoms with van der Waals surface area (Å²) in [7, 11) is 5.34. The molecule has 686 valence electrons. The Morgan fingerprint density at radius 2 is 1.48 bits per heavy atom. The number of hydrogen-bond acceptors (Lipinski definition) is 27. The zero-order valence-electron chi connectivity index (χ0n) is 71.4. The van der Waals surface area contributed by atoms with Crippen LogP contribution in [0.4, 0.5) is 10.5 Å². The molecular formula is C84H111ClN14O22S5. The van der Waals surface area contributed by atoms with Gasteiger partial charge in [0, 0.05) is 93.4 Å². The van der Waals surface area contributed by atoms with Crippen LogP contribution in [-0.2, 0) is 107 Å². The van der Waals surface area contributed by atoms with Crippen LogP contribution < -0.4 is 68.4 Å². The topological polar surface area (TPSA) is 528 Å². The van der Waals surface area contributed by atoms with Gasteiger partial charge in [-0.25, -0.2) is 22.7 Å². The predicted molar refractivity (Wildman–Crippen MR) is 478 cm³/mol. The largest absolute Gasteiger partial charge is 0.508 e. The second-order valence-corrected chi connectivity index (χ2v) is 39.3. The number of aromatic hydroxyl groups is 1. The zero-order valence-corrected chi connectivity index (χ0v) is 76.2. The number of likely N-dealkylation sites (N-methyl/N-ethyl adjacent to an activating group) is 1. The highest BCUT2D eigenvalue weighted by molar-refractivity contribution is 8.77. The van der Waals surface area contributed by atoms with Crippen LogP contribution >= 0.6 is 54.8 Å². The minimum absolute atomic E-state index is 0.0106. The van der Waals surface area contributed by atoms with E-state index in [2.05, 4.69) is 52.2 Å². The number of carbonyl (C=O) groups excluding carboxylic acids is 12. The number of nitrogens with zero attached hydrogens (tertiary/aromatic N) is 2. The molecule has 5 aliphatic heterocycles. The summed E-state index contributed by atoms with van der Waals surface area (Å²) in [5, 5.41) is 55.4. The maximum atomic E-state index is 15.2. The number of phenols is 1. The van der Waals surface area contributed by atoms with Gasteiger partial charge in [0.25, 0.3) is 0 Å². The first-order valence-corrected chi connectivity index (χ1v) is 47.9. The van der Waals surface area contributed by atoms with Crippen LogP contribution in [0.5, 0.6) is 11.5 Å². The van der Waals surface area contributed by atoms with Crippen LogP contribution in [0.15, 0.2) is 121 Å². The molecule has 0 spiro atoms. The number of aliphatic hydroxyl groups is 2. The molecule has 10 rings (SSSR count). The fraction of sp³-hybridized carbons (Fsp3) is 0.500. The number of nitrogens with one attached hydrogen (secondary N) is 10. The number of alkyl carbamates (subject to hydrolysis) is 1. The molecular weight excluding hydrogens is 1750 g/mol. The van der Waals surface area contributed by atoms with E-state index in [1.54, 1.807) is 105 Å². The van der Waals surface area contributed by atoms with Crippen molar-refractivity contribution in [3.63, 3.8) is 0 Å². The molecule has 126 heavy (non-hydrogen) atoms. The molecule has 1 unspecified atom stereocenters. The Labute approximate surface area is 751 Å². The molecule has 3 saturated heterocycles. The number of anilines is 1. The Hall–Kier alpha value is -9.66. The number of benzene rings is 4. The number of sulfonamides is 1. The molecule has 1 aromatic heterocycles. The average Bonchev–Trinajstić information content (AvgIpc) is 0.741. The number of aliphatic hydroxyl groups excluding tert-OH is 1. The third-order valence-corrected chi connectivity index (χ3v) is 27.9. The number of phenolic OH excluding ortho intramolecular Hbond substituents is 1. The second-order valence-electron chi connectivity index (χ2n) is 31.9. The third kappa shape index (κ3) is 27.4. The van der Waals surface area contributed by atoms with Crippen LogP contribution in [-0.4, -0.2) is 265 Å². The predicted octanol–water partition coefficient (Wildman–Crippen LogP) is 3.05. The zero-order chi connectivity index (χ0) is 92.1. The number of fused-ring (bicyclic) bond motifs is 7. The van der Waals surface area contributed by atoms with Gasteiger partial charge in [0.1, 0.15) is 100 Å². The summed E-state index contributed by atoms with van der Waals surface area (Å²) in [5.74, 6) is -11.0. The van der Waals surface area contributed by atoms with Crippen LogP contribution in [0.25, 0.3) is 10.9 Å². The first-order chi connectivity index (χ1) is 59.6. The molecule has 0 saturated carbocycles. The summed E-state index contributed by atoms with van der Waals surface area (Å²) in [6.07, 6.45) is 0.552. The van der Waals surface area contributed by atoms with Crippen molar-refractivity contribution in [3.8, 4) is 11.5 Å². The number of esters is 1. The van der Waals surface area contributed by atoms with Crippen molar-refractivity contribution < 1.29 is 105 Å². The molecule has 11 amide bonds. The van der Waals surface area contributed by atoms with E-state index < -0.39 is 195 Å². The Kier molecular flexibility index (Phi) is 36.0. The molecule has 36 nitrogen and oxygen atoms in total. The normalized spacial score (nSPS) is 26.1. The van der Waals surface area contributed by atoms with Gasteiger partial charge in [-0.05, 0) is 126 Å². The number of H-pyrrole nitrogens is 1. The van der Waals surface area contributed by atoms with Crippen molar-refractivity contribution in [1.29, 1.82) is 0 Å². The molecule has 42 heteroatoms. The quantitative estimate of drug-likeness (QED) is 0.0186. The fourth-order valence-electron chi connectivity index (χ4n) is 14.9. The van der Waals surface area contributed by atoms with E-state index in [0.717, 1.165) is 59.9 Å². The number of nitrogens with two attached hydrogens (primary N) is 2. The van der Waals surface area contributed by atoms with Gasteiger partial charge in [-0.2, -0.15) is 0 Å². The third-order valence-electron chi connectivity index (χ3n) is 22.0. The first kappa shape index (κ1) is 100. The summed E-state index contributed by atoms with van der Waals surface area (Å²) in [5.41, 5.74) is 11.0. The molecule has 16 atom stereocenters. The summed E-state index contributed by atoms with van der Waals surface area (Å²) in [6.45, 7) is 7.90. The van der Waals surface area contributed by atoms with E-state index in [1.165, 1.54) is 71.3 Å². The Balaban J connectivity index is 0.930. The summed E-state index contributed by atoms with van der Waals surface area (Å²) < 4.78 is 58.1. The van der Waals surface area contributed by atoms with Crippen molar-refractivity contribution in [2.75, 3.05) is 69.0 Å². The van der Waals surface area contributed by atoms with Crippen molar-refractivity contribution >= 4 is 153 Å². The minimum atomic E-state index is -4.13. The number of unbranched alkanes of at least 4 members (excludes halogenated alkanes) is 1. The van der Waals surface area contributed by atoms with E-state index in [0.29, 0.717) is 46.0 Å². The molecule has 0 aliphatic carbocycles. The van der Waals surface area contributed by atoms with Crippen molar-refractivity contribution in [3.05, 3.63) is 148 Å². The SMILES string of the molecule is COc1cc2cc(c1Cl)N(C)C(=O)C[C@H](OC(=O)[C@H](C)N(C)C(=O)CCSSC[C@H](NC(=O)[C@@H]1CSSC[C@H](NC(=O)[C@@H](Cc3ccccc3)NS(C)(=O)=O)C(=O)N[C@@H](Cc3ccc(O)cc3)C(=O)N[C@H](Cc3c[nH]c4ccccc34)C(=O)N[C@@H](CCCCN)C(=O)N[C@@H]([C@@H](C)O)C(=O)N1)C(N)=O)[C@@]1(C)CC(C)(O1)[C@@H]1C[C@@](O)(NC(=O)O1)[C@H](OC)/C=C/C=C(\C)C2. The highest BCUT2D eigenvalue weighted by Gasteiger charge is 2.63. The number of halogens is 1. The summed E-state index contributed by atoms with van der Waals surface area (Å²) in [4.78, 5) is 180. The molecule has 17 N–H and O–H groups in total. The molecule has 6 bridgehead atoms. The smallest absolute Gasteiger partial charge is 0.409 e. The van der Waals surface area contributed by atoms with Crippen molar-refractivity contribution in [1.82, 2.24) is 57.1 Å². The van der Waals surface area contributed by atoms with Gasteiger partial charge >= 0.3 is 12.1 Å². The van der Waals surface area contributed by atoms with Gasteiger partial charge in [0.05, 0.1) is 31.6 Å². The maximum absolute atomic E-state index is 15.2. The van der Waals surface area contributed by atoms with E-state index in [1.807, 2.05) is 6.92 Å². The Bertz CT molecular complexity index is 4930. The number of methoxy groups -OCH3 is 2. The van der Waals surface area contributed by atoms with Gasteiger partial charge in [-0.15, -0.1) is 0 Å². The van der Waals surface area contributed by atoms with Crippen LogP contribution in [0, 0.1) is 0 Å². The van der Waals surface area contributed by atoms with Crippen LogP contribution in [0.1, 0.15) is 102 Å². The minimum Gasteiger partial charge on any atom is -0.508 e. The highest BCUT2D eigenvalue weighted by atomic mass is 35.5. The van der Waals surface area contributed by atoms with Gasteiger partial charge in [0.15, 0.2) is 5.72 Å². The first-order valence-electron chi connectivity index (χ1n) is 40.6. The van der Waals surface area contributed by atoms with Crippen molar-refractivity contribution in [2.45, 2.75) is 201 Å². The highest BCUT2D eigenvalue weighted by Crippen LogP contribution is 2.51. The monoisotopic (exact) mass is 1860 g/mol. The van der Waals surface area contributed by atoms with Crippen LogP contribution in [0.3, 0.4) is 0 Å². The van der Waals surface area contributed by atoms with Gasteiger partial charge in [-0.1, -0.05) is 139 Å². The lowest BCUT2D eigenvalue weighted by molar-refractivity contribution is -0.328. The Morgan fingerprint density at radius 1 is 0.825 bits per heavy atom. The molecule has 5 aromatic rings. The lowest BCUT2D eigenvalue weighted by atomic mass is 9.72. The summed E-state index contributed by atoms with van der Waals surface area (Å²) in [6, 6.07) is 10.4. The van der Waals surface area contributed by atoms with Crippen LogP contribution in [0.2, 0.25) is 5.02 Å². The lowest BCUT2D eigenvalue weighted by Gasteiger charge is -2.59. The Morgan fingerprint density at radius 3 is 2.15 bits per heavy atom. The second kappa shape index (κ2) is 45.4. The fourth-order valence-corrected chi connectivity index (χ4v) is 20.4. The number of aromatic nitrogens is 1. The van der Waals surface area contributed by atoms with Crippen molar-refractivity contribution in [2.24, 2.45) is 11.5 Å². The van der Waals surface area contributed by atoms with E-state index in [-0.39, 0.29) is 91.6 Å². The lowest BCUT2D eigenvalue weighted by Crippen LogP contribution is -2.72. The number of primary amides is 1. The molecule has 0 radical (unpaired) electrons. The number of allylic oxidation sites excluding steroid dienone is 3. The maximum Gasteiger partial charge on any atom is 0.409 e. The number of hydrogen-bond donors (Lipinski definition) is 15. The van der Waals surface area contributed by atoms with Gasteiger partial charge < -0.3 is 102 Å². The molecule has 3 fully saturated rings. The van der Waals surface area contributed by atoms with E-state index in [9.17, 15) is 66.9 Å². The number of carbonyl (C=O) groups is 12. The number of rotatable bonds is 29. The number of aromatic amines is 1. The van der Waals surface area contributed by atoms with E-state index in [4.69, 9.17) is 46.8 Å². The standard InChI is InChI=1S/C84H111ClN14O22S5/c1-46-19-18-25-65(118-9)84(114)40-67(120-81(113)96-84)83(5)45-82(4,121-83)66(39-69(103)99(7)63-36-51(33-46)37-64(117-8)70(63)85)119-80(112)47(2)98(6)68(102)30-32-122-123-42-60(72(87)104)92-78(110)62-44-125-124-43-61(93-76(108)59(97-126(10,115)116)35-49-20-12-11-13-21-49)77(109)90-57(34-50-26-28-53(101)29-27-50)74(106)91-58(38-52-41-88-55-23-15-14-22-54(52)55)75(107)89-56(24-16-17-31-86)73(105)95-71(48(3)100)79(111)94-62/h11-15,18-23,25-29,36-37,41,47-48,56-62,65-67,71,88,97,100-101,114H,16-17,24,30-35,38-40,42-45,86H2,1-10H3,(H2,87,104)(H,89,107)(H,90,109)(H,91,106)(H,92,110)(H,93,108)(H,94,111)(H,95,105)(H,96,113)/b25-18+,46-19+/t47-,48+,56-,57-,58+,59+,60-,61-,62-,65+,66-,67-,71-,82+,83?,84-/m0/s1. The number of ether oxygens (including phenoxy) is 5. The van der Waals surface area contributed by atoms with Gasteiger partial charge in [-0.3, -0.25) is 53.3 Å². The number of para-hydroxylation sites is 1. The molecule has 5 aliphatic rings. The molecule has 6 heterocycles. The number of amides is 11. The average molecular weight is 1860 g/mol. The van der Waals surface area contributed by atoms with Gasteiger partial charge in [0.2, 0.25) is 69.1 Å². The summed E-state index contributed by atoms with van der Waals surface area (Å²) >= 11 is 6.89. The van der Waals surface area contributed by atoms with E-state index >= 15 is 14.4 Å². The molecule has 4 aromatic carbocycles.